The van der Waals surface area contributed by atoms with Gasteiger partial charge in [0.05, 0.1) is 86.9 Å². The van der Waals surface area contributed by atoms with Crippen LogP contribution in [0, 0.1) is 70.1 Å². The number of ether oxygens (including phenoxy) is 13. The fourth-order valence-electron chi connectivity index (χ4n) is 25.1. The molecule has 4 aliphatic carbocycles. The van der Waals surface area contributed by atoms with E-state index in [0.29, 0.717) is 106 Å². The Morgan fingerprint density at radius 1 is 0.365 bits per heavy atom. The number of fused-ring (bicyclic) bond motifs is 26. The molecule has 23 nitrogen and oxygen atoms in total. The molecule has 5 unspecified atom stereocenters. The predicted molar refractivity (Wildman–Crippen MR) is 583 cm³/mol. The summed E-state index contributed by atoms with van der Waals surface area (Å²) < 4.78 is 88.7. The summed E-state index contributed by atoms with van der Waals surface area (Å²) in [5.41, 5.74) is 29.8. The first-order valence-electron chi connectivity index (χ1n) is 55.4. The summed E-state index contributed by atoms with van der Waals surface area (Å²) in [6.45, 7) is 44.1. The van der Waals surface area contributed by atoms with Gasteiger partial charge < -0.3 is 84.4 Å². The Morgan fingerprint density at radius 2 is 0.730 bits per heavy atom. The van der Waals surface area contributed by atoms with Crippen LogP contribution in [-0.4, -0.2) is 135 Å². The number of pyridine rings is 5. The number of benzene rings is 5. The second kappa shape index (κ2) is 41.9. The van der Waals surface area contributed by atoms with Gasteiger partial charge in [0.2, 0.25) is 0 Å². The van der Waals surface area contributed by atoms with Crippen molar-refractivity contribution in [2.75, 3.05) is 101 Å². The molecule has 5 atom stereocenters. The van der Waals surface area contributed by atoms with Crippen LogP contribution in [0.4, 0.5) is 0 Å². The van der Waals surface area contributed by atoms with Gasteiger partial charge in [0.25, 0.3) is 0 Å². The lowest BCUT2D eigenvalue weighted by molar-refractivity contribution is 0.0594. The van der Waals surface area contributed by atoms with Crippen molar-refractivity contribution in [3.05, 3.63) is 232 Å². The summed E-state index contributed by atoms with van der Waals surface area (Å²) in [6, 6.07) is 21.9. The maximum Gasteiger partial charge on any atom is 0.185 e. The van der Waals surface area contributed by atoms with Crippen molar-refractivity contribution in [3.8, 4) is 108 Å². The topological polar surface area (TPSA) is 230 Å². The maximum atomic E-state index is 12.6. The minimum atomic E-state index is -0.151. The summed E-state index contributed by atoms with van der Waals surface area (Å²) in [6.07, 6.45) is 34.2. The molecular formula is C125H157N5O18. The van der Waals surface area contributed by atoms with Crippen molar-refractivity contribution in [1.82, 2.24) is 22.8 Å². The summed E-state index contributed by atoms with van der Waals surface area (Å²) in [7, 11) is 6.96. The summed E-state index contributed by atoms with van der Waals surface area (Å²) in [4.78, 5) is 62.9. The largest absolute Gasteiger partial charge is 0.493 e. The normalized spacial score (nSPS) is 19.8. The molecule has 4 fully saturated rings. The van der Waals surface area contributed by atoms with E-state index in [0.717, 1.165) is 281 Å². The quantitative estimate of drug-likeness (QED) is 0.0397. The molecule has 15 heterocycles. The molecule has 790 valence electrons. The zero-order chi connectivity index (χ0) is 104. The predicted octanol–water partition coefficient (Wildman–Crippen LogP) is 23.2. The Balaban J connectivity index is 0.000000112. The lowest BCUT2D eigenvalue weighted by Gasteiger charge is -2.36. The molecule has 148 heavy (non-hydrogen) atoms. The third-order valence-electron chi connectivity index (χ3n) is 34.5. The van der Waals surface area contributed by atoms with Crippen molar-refractivity contribution in [2.45, 2.75) is 318 Å². The maximum absolute atomic E-state index is 12.6. The van der Waals surface area contributed by atoms with Gasteiger partial charge in [-0.05, 0) is 224 Å². The van der Waals surface area contributed by atoms with E-state index in [2.05, 4.69) is 155 Å². The summed E-state index contributed by atoms with van der Waals surface area (Å²) in [5, 5.41) is 0. The van der Waals surface area contributed by atoms with Gasteiger partial charge >= 0.3 is 0 Å². The molecule has 10 aromatic rings. The second-order valence-corrected chi connectivity index (χ2v) is 47.5. The van der Waals surface area contributed by atoms with Gasteiger partial charge in [-0.15, -0.1) is 0 Å². The average molecular weight is 2020 g/mol. The van der Waals surface area contributed by atoms with Gasteiger partial charge in [0, 0.05) is 273 Å². The third-order valence-corrected chi connectivity index (χ3v) is 34.5. The molecule has 23 heteroatoms. The van der Waals surface area contributed by atoms with Crippen LogP contribution in [0.25, 0.3) is 56.3 Å². The smallest absolute Gasteiger partial charge is 0.185 e. The number of hydrogen-bond acceptors (Lipinski definition) is 18. The van der Waals surface area contributed by atoms with Crippen LogP contribution in [-0.2, 0) is 87.6 Å². The molecule has 4 saturated carbocycles. The highest BCUT2D eigenvalue weighted by atomic mass is 16.6. The molecule has 5 aromatic heterocycles. The van der Waals surface area contributed by atoms with Crippen LogP contribution in [0.15, 0.2) is 116 Å². The lowest BCUT2D eigenvalue weighted by Crippen LogP contribution is -2.28. The molecule has 2 spiro atoms. The number of nitrogens with zero attached hydrogens (tertiary/aromatic N) is 5. The van der Waals surface area contributed by atoms with E-state index in [1.54, 1.807) is 28.4 Å². The van der Waals surface area contributed by atoms with E-state index >= 15 is 0 Å². The minimum absolute atomic E-state index is 0.0171. The standard InChI is InChI=1S/C26H31NO3.2C25H31NO4.C25H33NO4.C24H31NO3/c1-15(2)20-10-18-11-23(29-9-6-17-4-5-17)25-19(13-26(30-25)7-8-26)24(18)21-12-22(28)16(3)14-27(20)21;1-15(2)19-11-17-12-22(29-10-8-25(28-4)6-7-25)24-18(5-9-30-24)23(17)20-13-21(27)16(3)14-26(19)20;1-15(2)18-10-17-11-21(29-9-5-8-28-4)24-23(25(6-7-25)14-30-24)22(17)19-12-20(27)16(3)13-26(18)19;1-15(2)18-10-17-11-21(29-9-7-8-28-6)24-23(25(4,5)14-30-24)22(17)19-12-20(27)16(3)13-26(18)19;1-15(2)20-12-18-11-17(7-5-6-9-27-4)24-19(8-10-28-24)23(18)21-13-22(26)16(3)14-25(20)21/h11-12,14-15,17,20H,4-10,13H2,1-3H3;12-15,19H,5-11H2,1-4H3;11-13,15,18H,5-10,14H2,1-4H3;11-13,15,18H,7-10,14H2,1-6H3;11,13-15,20H,5-10,12H2,1-4H3. The third kappa shape index (κ3) is 20.1. The van der Waals surface area contributed by atoms with Crippen LogP contribution < -0.4 is 69.8 Å². The highest BCUT2D eigenvalue weighted by molar-refractivity contribution is 5.83. The molecule has 0 saturated heterocycles. The first-order valence-corrected chi connectivity index (χ1v) is 55.4. The molecule has 0 radical (unpaired) electrons. The number of hydrogen-bond donors (Lipinski definition) is 0. The van der Waals surface area contributed by atoms with Crippen molar-refractivity contribution in [2.24, 2.45) is 35.5 Å². The first kappa shape index (κ1) is 104. The Hall–Kier alpha value is -11.1. The molecule has 0 N–H and O–H groups in total. The van der Waals surface area contributed by atoms with Gasteiger partial charge in [-0.2, -0.15) is 0 Å². The summed E-state index contributed by atoms with van der Waals surface area (Å²) in [5.74, 6) is 11.3. The van der Waals surface area contributed by atoms with E-state index in [9.17, 15) is 24.0 Å². The van der Waals surface area contributed by atoms with Crippen molar-refractivity contribution >= 4 is 0 Å². The molecule has 0 amide bonds. The molecule has 0 bridgehead atoms. The fraction of sp³-hybridized carbons (Fsp3) is 0.560. The zero-order valence-corrected chi connectivity index (χ0v) is 91.6. The van der Waals surface area contributed by atoms with E-state index in [1.807, 2.05) is 77.3 Å². The second-order valence-electron chi connectivity index (χ2n) is 47.5. The van der Waals surface area contributed by atoms with E-state index in [1.165, 1.54) is 96.3 Å². The number of aromatic nitrogens is 5. The number of methoxy groups -OCH3 is 4. The van der Waals surface area contributed by atoms with Crippen LogP contribution in [0.2, 0.25) is 0 Å². The van der Waals surface area contributed by atoms with Crippen molar-refractivity contribution in [1.29, 1.82) is 0 Å². The molecule has 14 aliphatic rings. The molecule has 24 rings (SSSR count). The fourth-order valence-corrected chi connectivity index (χ4v) is 25.1. The van der Waals surface area contributed by atoms with Gasteiger partial charge in [-0.25, -0.2) is 0 Å². The average Bonchev–Trinajstić information content (AvgIpc) is 1.55. The molecule has 10 aliphatic heterocycles. The monoisotopic (exact) mass is 2020 g/mol. The van der Waals surface area contributed by atoms with E-state index < -0.39 is 0 Å². The van der Waals surface area contributed by atoms with Crippen LogP contribution in [0.1, 0.15) is 292 Å². The van der Waals surface area contributed by atoms with E-state index in [-0.39, 0.29) is 49.2 Å². The Labute approximate surface area is 873 Å². The first-order chi connectivity index (χ1) is 71.1. The van der Waals surface area contributed by atoms with Crippen LogP contribution in [0.3, 0.4) is 0 Å². The summed E-state index contributed by atoms with van der Waals surface area (Å²) >= 11 is 0. The minimum Gasteiger partial charge on any atom is -0.493 e. The number of aryl methyl sites for hydroxylation is 6. The molecule has 5 aromatic carbocycles. The Bertz CT molecular complexity index is 6920. The highest BCUT2D eigenvalue weighted by Gasteiger charge is 2.56. The van der Waals surface area contributed by atoms with Gasteiger partial charge in [0.15, 0.2) is 73.1 Å². The highest BCUT2D eigenvalue weighted by Crippen LogP contribution is 2.64. The number of rotatable bonds is 29. The zero-order valence-electron chi connectivity index (χ0n) is 91.6. The van der Waals surface area contributed by atoms with Gasteiger partial charge in [-0.3, -0.25) is 24.0 Å². The van der Waals surface area contributed by atoms with Gasteiger partial charge in [-0.1, -0.05) is 102 Å². The Kier molecular flexibility index (Phi) is 29.5. The van der Waals surface area contributed by atoms with E-state index in [4.69, 9.17) is 61.6 Å². The van der Waals surface area contributed by atoms with Crippen molar-refractivity contribution in [3.63, 3.8) is 0 Å². The Morgan fingerprint density at radius 3 is 1.14 bits per heavy atom. The van der Waals surface area contributed by atoms with Crippen LogP contribution in [0.5, 0.6) is 51.7 Å². The lowest BCUT2D eigenvalue weighted by atomic mass is 9.77. The van der Waals surface area contributed by atoms with Crippen LogP contribution >= 0.6 is 0 Å². The van der Waals surface area contributed by atoms with Gasteiger partial charge in [0.1, 0.15) is 11.4 Å². The van der Waals surface area contributed by atoms with Crippen molar-refractivity contribution < 1.29 is 61.6 Å². The molecular weight excluding hydrogens is 1860 g/mol. The SMILES string of the molecule is COC1(CCOc2cc3c(c4c2OCC4)-c2cc(=O)c(C)cn2C(C(C)C)C3)CC1.COCCCCc1cc2c(c3c1OCC3)-c1cc(=O)c(C)cn1C(C(C)C)C2.COCCCOc1cc2c(c3c1OCC3(C)C)-c1cc(=O)c(C)cn1C(C(C)C)C2.COCCCOc1cc2c(c3c1OCC31CC1)-c1cc(=O)c(C)cn1C(C(C)C)C2.Cc1cn2c(cc1=O)-c1c(cc(OCCC3CC3)c3c1CC1(CC1)O3)CC2C(C)C. The number of unbranched alkanes of at least 4 members (excludes halogenated alkanes) is 1.